The molecular formula is C4H12NO3P. The van der Waals surface area contributed by atoms with Crippen molar-refractivity contribution < 1.29 is 14.4 Å². The van der Waals surface area contributed by atoms with Crippen LogP contribution in [0.5, 0.6) is 0 Å². The SMILES string of the molecule is CC(C)[C@@H](N)P(=O)(O)O. The maximum atomic E-state index is 10.3. The Kier molecular flexibility index (Phi) is 2.83. The van der Waals surface area contributed by atoms with Crippen molar-refractivity contribution in [3.05, 3.63) is 0 Å². The molecule has 0 saturated heterocycles. The van der Waals surface area contributed by atoms with Gasteiger partial charge >= 0.3 is 7.60 Å². The lowest BCUT2D eigenvalue weighted by molar-refractivity contribution is 0.343. The molecule has 0 rings (SSSR count). The first-order valence-electron chi connectivity index (χ1n) is 2.66. The molecule has 0 saturated carbocycles. The van der Waals surface area contributed by atoms with Crippen molar-refractivity contribution in [1.82, 2.24) is 0 Å². The first-order chi connectivity index (χ1) is 3.85. The van der Waals surface area contributed by atoms with Crippen molar-refractivity contribution in [2.75, 3.05) is 0 Å². The molecule has 0 aliphatic rings. The Morgan fingerprint density at radius 1 is 1.44 bits per heavy atom. The Balaban J connectivity index is 4.05. The second-order valence-corrected chi connectivity index (χ2v) is 4.10. The van der Waals surface area contributed by atoms with Gasteiger partial charge in [-0.05, 0) is 5.92 Å². The smallest absolute Gasteiger partial charge is 0.323 e. The fraction of sp³-hybridized carbons (Fsp3) is 1.00. The highest BCUT2D eigenvalue weighted by molar-refractivity contribution is 7.52. The lowest BCUT2D eigenvalue weighted by atomic mass is 10.2. The van der Waals surface area contributed by atoms with Crippen LogP contribution in [0.3, 0.4) is 0 Å². The maximum absolute atomic E-state index is 10.3. The van der Waals surface area contributed by atoms with Crippen molar-refractivity contribution in [2.24, 2.45) is 11.7 Å². The van der Waals surface area contributed by atoms with Gasteiger partial charge in [0.15, 0.2) is 0 Å². The van der Waals surface area contributed by atoms with Crippen LogP contribution in [-0.2, 0) is 4.57 Å². The predicted molar refractivity (Wildman–Crippen MR) is 34.9 cm³/mol. The van der Waals surface area contributed by atoms with E-state index in [9.17, 15) is 4.57 Å². The summed E-state index contributed by atoms with van der Waals surface area (Å²) >= 11 is 0. The molecule has 0 aliphatic heterocycles. The summed E-state index contributed by atoms with van der Waals surface area (Å²) in [6.45, 7) is 3.34. The van der Waals surface area contributed by atoms with Crippen molar-refractivity contribution >= 4 is 7.60 Å². The van der Waals surface area contributed by atoms with Crippen LogP contribution in [0.2, 0.25) is 0 Å². The molecule has 0 heterocycles. The fourth-order valence-corrected chi connectivity index (χ4v) is 1.17. The molecule has 0 aromatic rings. The van der Waals surface area contributed by atoms with Gasteiger partial charge in [-0.15, -0.1) is 0 Å². The summed E-state index contributed by atoms with van der Waals surface area (Å²) in [5, 5.41) is 0. The van der Waals surface area contributed by atoms with Gasteiger partial charge in [0.05, 0.1) is 0 Å². The topological polar surface area (TPSA) is 83.6 Å². The van der Waals surface area contributed by atoms with E-state index in [1.165, 1.54) is 0 Å². The molecule has 0 bridgehead atoms. The van der Waals surface area contributed by atoms with Crippen LogP contribution < -0.4 is 5.73 Å². The standard InChI is InChI=1S/C4H12NO3P/c1-3(2)4(5)9(6,7)8/h3-4H,5H2,1-2H3,(H2,6,7,8)/t4-/m0/s1. The molecule has 0 spiro atoms. The fourth-order valence-electron chi connectivity index (χ4n) is 0.388. The Labute approximate surface area is 54.2 Å². The minimum atomic E-state index is -4.04. The predicted octanol–water partition coefficient (Wildman–Crippen LogP) is 0.105. The zero-order valence-corrected chi connectivity index (χ0v) is 6.38. The van der Waals surface area contributed by atoms with Crippen LogP contribution >= 0.6 is 7.60 Å². The van der Waals surface area contributed by atoms with E-state index in [0.717, 1.165) is 0 Å². The van der Waals surface area contributed by atoms with Crippen molar-refractivity contribution in [3.8, 4) is 0 Å². The van der Waals surface area contributed by atoms with E-state index in [1.807, 2.05) is 0 Å². The Morgan fingerprint density at radius 2 is 1.78 bits per heavy atom. The molecule has 0 aliphatic carbocycles. The van der Waals surface area contributed by atoms with E-state index in [2.05, 4.69) is 0 Å². The van der Waals surface area contributed by atoms with Gasteiger partial charge in [0.1, 0.15) is 5.78 Å². The first kappa shape index (κ1) is 9.11. The molecule has 0 radical (unpaired) electrons. The minimum Gasteiger partial charge on any atom is -0.323 e. The molecule has 0 aromatic heterocycles. The Morgan fingerprint density at radius 3 is 1.78 bits per heavy atom. The molecule has 0 unspecified atom stereocenters. The zero-order valence-electron chi connectivity index (χ0n) is 5.48. The van der Waals surface area contributed by atoms with Crippen molar-refractivity contribution in [1.29, 1.82) is 0 Å². The molecule has 9 heavy (non-hydrogen) atoms. The molecule has 0 aromatic carbocycles. The summed E-state index contributed by atoms with van der Waals surface area (Å²) in [6, 6.07) is 0. The van der Waals surface area contributed by atoms with Crippen LogP contribution in [0, 0.1) is 5.92 Å². The van der Waals surface area contributed by atoms with E-state index < -0.39 is 13.4 Å². The molecule has 5 heteroatoms. The van der Waals surface area contributed by atoms with Gasteiger partial charge in [-0.25, -0.2) is 0 Å². The average molecular weight is 153 g/mol. The van der Waals surface area contributed by atoms with Crippen LogP contribution in [0.15, 0.2) is 0 Å². The quantitative estimate of drug-likeness (QED) is 0.491. The minimum absolute atomic E-state index is 0.175. The molecule has 0 fully saturated rings. The molecule has 56 valence electrons. The van der Waals surface area contributed by atoms with Gasteiger partial charge in [0.2, 0.25) is 0 Å². The third-order valence-electron chi connectivity index (χ3n) is 1.07. The summed E-state index contributed by atoms with van der Waals surface area (Å²) in [7, 11) is -4.04. The van der Waals surface area contributed by atoms with E-state index in [-0.39, 0.29) is 5.92 Å². The number of rotatable bonds is 2. The number of nitrogens with two attached hydrogens (primary N) is 1. The van der Waals surface area contributed by atoms with E-state index in [0.29, 0.717) is 0 Å². The van der Waals surface area contributed by atoms with Gasteiger partial charge in [-0.3, -0.25) is 4.57 Å². The summed E-state index contributed by atoms with van der Waals surface area (Å²) < 4.78 is 10.3. The van der Waals surface area contributed by atoms with Crippen LogP contribution in [0.1, 0.15) is 13.8 Å². The monoisotopic (exact) mass is 153 g/mol. The van der Waals surface area contributed by atoms with Crippen LogP contribution in [0.4, 0.5) is 0 Å². The van der Waals surface area contributed by atoms with Gasteiger partial charge < -0.3 is 15.5 Å². The first-order valence-corrected chi connectivity index (χ1v) is 4.34. The summed E-state index contributed by atoms with van der Waals surface area (Å²) in [6.07, 6.45) is 0. The van der Waals surface area contributed by atoms with Crippen LogP contribution in [-0.4, -0.2) is 15.6 Å². The highest BCUT2D eigenvalue weighted by Gasteiger charge is 2.26. The Hall–Kier alpha value is 0.110. The summed E-state index contributed by atoms with van der Waals surface area (Å²) in [5.41, 5.74) is 5.13. The molecular weight excluding hydrogens is 141 g/mol. The van der Waals surface area contributed by atoms with Gasteiger partial charge in [-0.1, -0.05) is 13.8 Å². The lowest BCUT2D eigenvalue weighted by Gasteiger charge is -2.15. The van der Waals surface area contributed by atoms with E-state index in [4.69, 9.17) is 15.5 Å². The third kappa shape index (κ3) is 2.96. The second-order valence-electron chi connectivity index (χ2n) is 2.32. The van der Waals surface area contributed by atoms with Gasteiger partial charge in [0, 0.05) is 0 Å². The molecule has 4 nitrogen and oxygen atoms in total. The summed E-state index contributed by atoms with van der Waals surface area (Å²) in [5.74, 6) is -1.19. The van der Waals surface area contributed by atoms with E-state index >= 15 is 0 Å². The van der Waals surface area contributed by atoms with Crippen molar-refractivity contribution in [2.45, 2.75) is 19.6 Å². The normalized spacial score (nSPS) is 16.2. The van der Waals surface area contributed by atoms with Gasteiger partial charge in [-0.2, -0.15) is 0 Å². The third-order valence-corrected chi connectivity index (χ3v) is 2.44. The maximum Gasteiger partial charge on any atom is 0.342 e. The van der Waals surface area contributed by atoms with Crippen molar-refractivity contribution in [3.63, 3.8) is 0 Å². The Bertz CT molecular complexity index is 130. The number of hydrogen-bond acceptors (Lipinski definition) is 2. The zero-order chi connectivity index (χ0) is 7.65. The highest BCUT2D eigenvalue weighted by atomic mass is 31.2. The lowest BCUT2D eigenvalue weighted by Crippen LogP contribution is -2.25. The molecule has 0 amide bonds. The summed E-state index contributed by atoms with van der Waals surface area (Å²) in [4.78, 5) is 16.9. The second kappa shape index (κ2) is 2.80. The molecule has 4 N–H and O–H groups in total. The highest BCUT2D eigenvalue weighted by Crippen LogP contribution is 2.41. The number of hydrogen-bond donors (Lipinski definition) is 3. The van der Waals surface area contributed by atoms with Crippen LogP contribution in [0.25, 0.3) is 0 Å². The van der Waals surface area contributed by atoms with Gasteiger partial charge in [0.25, 0.3) is 0 Å². The average Bonchev–Trinajstić information content (AvgIpc) is 1.62. The molecule has 1 atom stereocenters. The van der Waals surface area contributed by atoms with E-state index in [1.54, 1.807) is 13.8 Å². The largest absolute Gasteiger partial charge is 0.342 e.